The zero-order chi connectivity index (χ0) is 13.8. The molecule has 0 aromatic carbocycles. The minimum Gasteiger partial charge on any atom is -0.338 e. The molecule has 2 aliphatic rings. The van der Waals surface area contributed by atoms with Crippen molar-refractivity contribution in [3.63, 3.8) is 0 Å². The van der Waals surface area contributed by atoms with E-state index in [9.17, 15) is 9.59 Å². The van der Waals surface area contributed by atoms with E-state index in [1.54, 1.807) is 0 Å². The van der Waals surface area contributed by atoms with Gasteiger partial charge in [0.2, 0.25) is 11.8 Å². The first-order valence-corrected chi connectivity index (χ1v) is 7.02. The van der Waals surface area contributed by atoms with Gasteiger partial charge in [-0.25, -0.2) is 0 Å². The lowest BCUT2D eigenvalue weighted by Gasteiger charge is -2.36. The molecule has 19 heavy (non-hydrogen) atoms. The summed E-state index contributed by atoms with van der Waals surface area (Å²) < 4.78 is 0. The van der Waals surface area contributed by atoms with Crippen LogP contribution in [0.15, 0.2) is 0 Å². The summed E-state index contributed by atoms with van der Waals surface area (Å²) in [6.07, 6.45) is 2.02. The third-order valence-corrected chi connectivity index (χ3v) is 3.75. The van der Waals surface area contributed by atoms with Gasteiger partial charge in [-0.2, -0.15) is 0 Å². The van der Waals surface area contributed by atoms with Crippen LogP contribution in [-0.4, -0.2) is 85.9 Å². The fourth-order valence-corrected chi connectivity index (χ4v) is 2.66. The molecule has 0 bridgehead atoms. The van der Waals surface area contributed by atoms with E-state index in [4.69, 9.17) is 0 Å². The molecule has 0 unspecified atom stereocenters. The molecule has 108 valence electrons. The molecule has 0 aliphatic carbocycles. The van der Waals surface area contributed by atoms with Crippen LogP contribution in [-0.2, 0) is 9.59 Å². The van der Waals surface area contributed by atoms with Gasteiger partial charge in [0.1, 0.15) is 0 Å². The fraction of sp³-hybridized carbons (Fsp3) is 0.846. The predicted molar refractivity (Wildman–Crippen MR) is 72.7 cm³/mol. The van der Waals surface area contributed by atoms with Crippen molar-refractivity contribution in [2.75, 3.05) is 53.4 Å². The zero-order valence-electron chi connectivity index (χ0n) is 11.9. The lowest BCUT2D eigenvalue weighted by atomic mass is 10.2. The number of hydrogen-bond donors (Lipinski definition) is 1. The van der Waals surface area contributed by atoms with E-state index in [0.29, 0.717) is 32.7 Å². The number of nitrogens with zero attached hydrogens (tertiary/aromatic N) is 3. The van der Waals surface area contributed by atoms with Crippen LogP contribution in [0.2, 0.25) is 0 Å². The molecule has 2 fully saturated rings. The number of rotatable bonds is 3. The van der Waals surface area contributed by atoms with Gasteiger partial charge in [0.25, 0.3) is 0 Å². The minimum atomic E-state index is 0.00373. The second kappa shape index (κ2) is 6.34. The average Bonchev–Trinajstić information content (AvgIpc) is 2.91. The number of hydrogen-bond acceptors (Lipinski definition) is 4. The molecule has 1 atom stereocenters. The van der Waals surface area contributed by atoms with E-state index < -0.39 is 0 Å². The van der Waals surface area contributed by atoms with Crippen molar-refractivity contribution in [3.8, 4) is 0 Å². The first-order valence-electron chi connectivity index (χ1n) is 7.02. The number of amides is 2. The molecule has 1 N–H and O–H groups in total. The fourth-order valence-electron chi connectivity index (χ4n) is 2.66. The molecular weight excluding hydrogens is 244 g/mol. The highest BCUT2D eigenvalue weighted by molar-refractivity contribution is 5.83. The molecule has 0 aromatic heterocycles. The van der Waals surface area contributed by atoms with Gasteiger partial charge < -0.3 is 20.0 Å². The second-order valence-electron chi connectivity index (χ2n) is 5.59. The standard InChI is InChI=1S/C13H24N4O2/c1-15(2)10-12(18)16-6-8-17(9-7-16)13(19)11-4-3-5-14-11/h11,14H,3-10H2,1-2H3/t11-/m1/s1. The summed E-state index contributed by atoms with van der Waals surface area (Å²) in [7, 11) is 3.78. The van der Waals surface area contributed by atoms with Crippen LogP contribution < -0.4 is 5.32 Å². The molecule has 0 aromatic rings. The molecule has 6 nitrogen and oxygen atoms in total. The van der Waals surface area contributed by atoms with E-state index in [1.165, 1.54) is 0 Å². The Kier molecular flexibility index (Phi) is 4.76. The van der Waals surface area contributed by atoms with Gasteiger partial charge in [-0.05, 0) is 33.5 Å². The Morgan fingerprint density at radius 3 is 2.32 bits per heavy atom. The van der Waals surface area contributed by atoms with Crippen molar-refractivity contribution in [1.29, 1.82) is 0 Å². The maximum atomic E-state index is 12.2. The summed E-state index contributed by atoms with van der Waals surface area (Å²) in [5.74, 6) is 0.355. The van der Waals surface area contributed by atoms with Gasteiger partial charge in [-0.1, -0.05) is 0 Å². The SMILES string of the molecule is CN(C)CC(=O)N1CCN(C(=O)[C@H]2CCCN2)CC1. The van der Waals surface area contributed by atoms with Gasteiger partial charge in [-0.3, -0.25) is 9.59 Å². The molecule has 0 spiro atoms. The van der Waals surface area contributed by atoms with Crippen molar-refractivity contribution in [2.45, 2.75) is 18.9 Å². The predicted octanol–water partition coefficient (Wildman–Crippen LogP) is -1.03. The molecule has 2 heterocycles. The van der Waals surface area contributed by atoms with Crippen molar-refractivity contribution in [3.05, 3.63) is 0 Å². The molecule has 0 radical (unpaired) electrons. The van der Waals surface area contributed by atoms with Crippen LogP contribution in [0.3, 0.4) is 0 Å². The van der Waals surface area contributed by atoms with Gasteiger partial charge >= 0.3 is 0 Å². The Labute approximate surface area is 114 Å². The van der Waals surface area contributed by atoms with Gasteiger partial charge in [0.05, 0.1) is 12.6 Å². The minimum absolute atomic E-state index is 0.00373. The topological polar surface area (TPSA) is 55.9 Å². The monoisotopic (exact) mass is 268 g/mol. The molecule has 6 heteroatoms. The van der Waals surface area contributed by atoms with E-state index in [0.717, 1.165) is 19.4 Å². The highest BCUT2D eigenvalue weighted by Gasteiger charge is 2.30. The lowest BCUT2D eigenvalue weighted by molar-refractivity contribution is -0.140. The second-order valence-corrected chi connectivity index (χ2v) is 5.59. The van der Waals surface area contributed by atoms with E-state index in [1.807, 2.05) is 28.8 Å². The van der Waals surface area contributed by atoms with Crippen LogP contribution >= 0.6 is 0 Å². The van der Waals surface area contributed by atoms with E-state index in [2.05, 4.69) is 5.32 Å². The molecule has 2 aliphatic heterocycles. The Morgan fingerprint density at radius 2 is 1.79 bits per heavy atom. The molecule has 2 amide bonds. The summed E-state index contributed by atoms with van der Waals surface area (Å²) in [5, 5.41) is 3.24. The number of likely N-dealkylation sites (N-methyl/N-ethyl adjacent to an activating group) is 1. The molecule has 0 saturated carbocycles. The summed E-state index contributed by atoms with van der Waals surface area (Å²) >= 11 is 0. The summed E-state index contributed by atoms with van der Waals surface area (Å²) in [6, 6.07) is 0.00373. The number of carbonyl (C=O) groups excluding carboxylic acids is 2. The number of nitrogens with one attached hydrogen (secondary N) is 1. The van der Waals surface area contributed by atoms with E-state index >= 15 is 0 Å². The average molecular weight is 268 g/mol. The third-order valence-electron chi connectivity index (χ3n) is 3.75. The number of piperazine rings is 1. The smallest absolute Gasteiger partial charge is 0.239 e. The highest BCUT2D eigenvalue weighted by Crippen LogP contribution is 2.11. The normalized spacial score (nSPS) is 24.1. The first-order chi connectivity index (χ1) is 9.08. The Morgan fingerprint density at radius 1 is 1.16 bits per heavy atom. The van der Waals surface area contributed by atoms with Gasteiger partial charge in [0.15, 0.2) is 0 Å². The first kappa shape index (κ1) is 14.3. The maximum absolute atomic E-state index is 12.2. The highest BCUT2D eigenvalue weighted by atomic mass is 16.2. The quantitative estimate of drug-likeness (QED) is 0.711. The summed E-state index contributed by atoms with van der Waals surface area (Å²) in [5.41, 5.74) is 0. The van der Waals surface area contributed by atoms with Crippen molar-refractivity contribution in [1.82, 2.24) is 20.0 Å². The van der Waals surface area contributed by atoms with Crippen molar-refractivity contribution >= 4 is 11.8 Å². The zero-order valence-corrected chi connectivity index (χ0v) is 11.9. The van der Waals surface area contributed by atoms with Gasteiger partial charge in [-0.15, -0.1) is 0 Å². The Bertz CT molecular complexity index is 332. The Hall–Kier alpha value is -1.14. The number of carbonyl (C=O) groups is 2. The third kappa shape index (κ3) is 3.67. The summed E-state index contributed by atoms with van der Waals surface area (Å²) in [4.78, 5) is 29.7. The van der Waals surface area contributed by atoms with Crippen molar-refractivity contribution < 1.29 is 9.59 Å². The largest absolute Gasteiger partial charge is 0.338 e. The van der Waals surface area contributed by atoms with Crippen LogP contribution in [0.5, 0.6) is 0 Å². The van der Waals surface area contributed by atoms with Crippen LogP contribution in [0.1, 0.15) is 12.8 Å². The van der Waals surface area contributed by atoms with Crippen LogP contribution in [0.4, 0.5) is 0 Å². The van der Waals surface area contributed by atoms with Crippen molar-refractivity contribution in [2.24, 2.45) is 0 Å². The Balaban J connectivity index is 1.78. The van der Waals surface area contributed by atoms with Crippen LogP contribution in [0, 0.1) is 0 Å². The molecular formula is C13H24N4O2. The summed E-state index contributed by atoms with van der Waals surface area (Å²) in [6.45, 7) is 4.03. The maximum Gasteiger partial charge on any atom is 0.239 e. The molecule has 2 rings (SSSR count). The van der Waals surface area contributed by atoms with Gasteiger partial charge in [0, 0.05) is 26.2 Å². The van der Waals surface area contributed by atoms with Crippen LogP contribution in [0.25, 0.3) is 0 Å². The molecule has 2 saturated heterocycles. The van der Waals surface area contributed by atoms with E-state index in [-0.39, 0.29) is 17.9 Å². The lowest BCUT2D eigenvalue weighted by Crippen LogP contribution is -2.55.